The molecule has 0 radical (unpaired) electrons. The number of carbonyl (C=O) groups is 1. The van der Waals surface area contributed by atoms with Crippen LogP contribution in [0.3, 0.4) is 0 Å². The fourth-order valence-corrected chi connectivity index (χ4v) is 4.36. The third-order valence-electron chi connectivity index (χ3n) is 3.63. The Morgan fingerprint density at radius 2 is 2.04 bits per heavy atom. The number of sulfonamides is 1. The lowest BCUT2D eigenvalue weighted by Gasteiger charge is -2.28. The number of halogens is 1. The molecular formula is C15H20FNO5S. The van der Waals surface area contributed by atoms with Crippen LogP contribution in [0.1, 0.15) is 36.2 Å². The second-order valence-electron chi connectivity index (χ2n) is 6.23. The summed E-state index contributed by atoms with van der Waals surface area (Å²) in [7, 11) is -4.15. The molecule has 128 valence electrons. The largest absolute Gasteiger partial charge is 0.478 e. The first-order valence-corrected chi connectivity index (χ1v) is 8.66. The highest BCUT2D eigenvalue weighted by atomic mass is 32.2. The number of benzene rings is 1. The first-order chi connectivity index (χ1) is 10.5. The zero-order chi connectivity index (χ0) is 17.4. The van der Waals surface area contributed by atoms with E-state index in [1.807, 2.05) is 0 Å². The normalized spacial score (nSPS) is 19.3. The highest BCUT2D eigenvalue weighted by Gasteiger charge is 2.35. The maximum atomic E-state index is 14.4. The third kappa shape index (κ3) is 3.70. The smallest absolute Gasteiger partial charge is 0.338 e. The number of hydrogen-bond donors (Lipinski definition) is 1. The quantitative estimate of drug-likeness (QED) is 0.906. The minimum absolute atomic E-state index is 0.0745. The average molecular weight is 345 g/mol. The van der Waals surface area contributed by atoms with E-state index in [9.17, 15) is 17.6 Å². The maximum Gasteiger partial charge on any atom is 0.338 e. The van der Waals surface area contributed by atoms with Crippen molar-refractivity contribution in [1.29, 1.82) is 0 Å². The first kappa shape index (κ1) is 17.8. The molecule has 1 saturated heterocycles. The molecule has 0 aromatic heterocycles. The van der Waals surface area contributed by atoms with Gasteiger partial charge in [-0.25, -0.2) is 17.6 Å². The van der Waals surface area contributed by atoms with Crippen molar-refractivity contribution in [3.05, 3.63) is 29.1 Å². The molecule has 1 aromatic carbocycles. The monoisotopic (exact) mass is 345 g/mol. The van der Waals surface area contributed by atoms with Gasteiger partial charge in [-0.3, -0.25) is 0 Å². The van der Waals surface area contributed by atoms with Gasteiger partial charge in [0.05, 0.1) is 11.2 Å². The van der Waals surface area contributed by atoms with Crippen molar-refractivity contribution in [2.24, 2.45) is 0 Å². The van der Waals surface area contributed by atoms with E-state index in [2.05, 4.69) is 0 Å². The molecule has 1 aromatic rings. The summed E-state index contributed by atoms with van der Waals surface area (Å²) in [6.07, 6.45) is 0.488. The summed E-state index contributed by atoms with van der Waals surface area (Å²) in [6, 6.07) is 2.28. The highest BCUT2D eigenvalue weighted by Crippen LogP contribution is 2.27. The molecule has 1 N–H and O–H groups in total. The van der Waals surface area contributed by atoms with Crippen LogP contribution in [-0.4, -0.2) is 49.1 Å². The Balaban J connectivity index is 2.53. The molecule has 0 spiro atoms. The van der Waals surface area contributed by atoms with Crippen molar-refractivity contribution in [3.63, 3.8) is 0 Å². The van der Waals surface area contributed by atoms with E-state index in [1.54, 1.807) is 13.8 Å². The summed E-state index contributed by atoms with van der Waals surface area (Å²) in [5, 5.41) is 9.05. The Hall–Kier alpha value is -1.51. The summed E-state index contributed by atoms with van der Waals surface area (Å²) in [6.45, 7) is 5.73. The number of carboxylic acid groups (broad SMARTS) is 1. The number of hydrogen-bond acceptors (Lipinski definition) is 4. The fourth-order valence-electron chi connectivity index (χ4n) is 2.56. The molecule has 23 heavy (non-hydrogen) atoms. The predicted molar refractivity (Wildman–Crippen MR) is 81.5 cm³/mol. The molecule has 0 aliphatic carbocycles. The first-order valence-electron chi connectivity index (χ1n) is 7.22. The predicted octanol–water partition coefficient (Wildman–Crippen LogP) is 2.02. The molecule has 0 unspecified atom stereocenters. The van der Waals surface area contributed by atoms with Crippen LogP contribution in [-0.2, 0) is 14.8 Å². The molecule has 0 bridgehead atoms. The maximum absolute atomic E-state index is 14.4. The van der Waals surface area contributed by atoms with Crippen LogP contribution in [0.2, 0.25) is 0 Å². The van der Waals surface area contributed by atoms with Gasteiger partial charge in [-0.05, 0) is 44.9 Å². The number of aryl methyl sites for hydroxylation is 1. The van der Waals surface area contributed by atoms with E-state index >= 15 is 0 Å². The van der Waals surface area contributed by atoms with Gasteiger partial charge in [-0.15, -0.1) is 0 Å². The minimum Gasteiger partial charge on any atom is -0.478 e. The van der Waals surface area contributed by atoms with Crippen LogP contribution in [0.15, 0.2) is 17.0 Å². The molecular weight excluding hydrogens is 325 g/mol. The number of rotatable bonds is 3. The minimum atomic E-state index is -4.15. The van der Waals surface area contributed by atoms with E-state index in [0.717, 1.165) is 16.4 Å². The Bertz CT molecular complexity index is 730. The summed E-state index contributed by atoms with van der Waals surface area (Å²) in [5.41, 5.74) is -0.971. The van der Waals surface area contributed by atoms with E-state index in [0.29, 0.717) is 18.6 Å². The second-order valence-corrected chi connectivity index (χ2v) is 8.14. The SMILES string of the molecule is Cc1cc(C(=O)O)c(F)c(S(=O)(=O)N2CCCOC(C)(C)C2)c1. The summed E-state index contributed by atoms with van der Waals surface area (Å²) < 4.78 is 46.8. The lowest BCUT2D eigenvalue weighted by atomic mass is 10.1. The van der Waals surface area contributed by atoms with E-state index < -0.39 is 37.9 Å². The Morgan fingerprint density at radius 1 is 1.39 bits per heavy atom. The van der Waals surface area contributed by atoms with E-state index in [-0.39, 0.29) is 13.1 Å². The van der Waals surface area contributed by atoms with Gasteiger partial charge >= 0.3 is 5.97 Å². The third-order valence-corrected chi connectivity index (χ3v) is 5.48. The summed E-state index contributed by atoms with van der Waals surface area (Å²) in [5.74, 6) is -2.73. The molecule has 1 aliphatic rings. The number of ether oxygens (including phenoxy) is 1. The van der Waals surface area contributed by atoms with Gasteiger partial charge < -0.3 is 9.84 Å². The van der Waals surface area contributed by atoms with E-state index in [1.165, 1.54) is 6.92 Å². The van der Waals surface area contributed by atoms with Gasteiger partial charge in [0.15, 0.2) is 5.82 Å². The Morgan fingerprint density at radius 3 is 2.65 bits per heavy atom. The van der Waals surface area contributed by atoms with Crippen LogP contribution in [0.5, 0.6) is 0 Å². The van der Waals surface area contributed by atoms with Gasteiger partial charge in [0.25, 0.3) is 0 Å². The molecule has 1 aliphatic heterocycles. The van der Waals surface area contributed by atoms with Gasteiger partial charge in [0.1, 0.15) is 4.90 Å². The molecule has 0 atom stereocenters. The lowest BCUT2D eigenvalue weighted by molar-refractivity contribution is -0.0101. The van der Waals surface area contributed by atoms with Gasteiger partial charge in [0, 0.05) is 19.7 Å². The zero-order valence-corrected chi connectivity index (χ0v) is 14.1. The van der Waals surface area contributed by atoms with Crippen LogP contribution in [0.4, 0.5) is 4.39 Å². The molecule has 1 fully saturated rings. The highest BCUT2D eigenvalue weighted by molar-refractivity contribution is 7.89. The molecule has 0 amide bonds. The summed E-state index contributed by atoms with van der Waals surface area (Å²) in [4.78, 5) is 10.5. The fraction of sp³-hybridized carbons (Fsp3) is 0.533. The van der Waals surface area contributed by atoms with Crippen molar-refractivity contribution in [1.82, 2.24) is 4.31 Å². The van der Waals surface area contributed by atoms with Crippen molar-refractivity contribution in [2.45, 2.75) is 37.7 Å². The average Bonchev–Trinajstić information content (AvgIpc) is 2.61. The van der Waals surface area contributed by atoms with Crippen LogP contribution in [0.25, 0.3) is 0 Å². The molecule has 0 saturated carbocycles. The number of nitrogens with zero attached hydrogens (tertiary/aromatic N) is 1. The van der Waals surface area contributed by atoms with Crippen LogP contribution < -0.4 is 0 Å². The lowest BCUT2D eigenvalue weighted by Crippen LogP contribution is -2.42. The molecule has 2 rings (SSSR count). The van der Waals surface area contributed by atoms with Crippen molar-refractivity contribution < 1.29 is 27.4 Å². The standard InChI is InChI=1S/C15H20FNO5S/c1-10-7-11(14(18)19)13(16)12(8-10)23(20,21)17-5-4-6-22-15(2,3)9-17/h7-8H,4-6,9H2,1-3H3,(H,18,19). The molecule has 8 heteroatoms. The topological polar surface area (TPSA) is 83.9 Å². The van der Waals surface area contributed by atoms with E-state index in [4.69, 9.17) is 9.84 Å². The van der Waals surface area contributed by atoms with Crippen LogP contribution in [0, 0.1) is 12.7 Å². The number of aromatic carboxylic acids is 1. The van der Waals surface area contributed by atoms with Gasteiger partial charge in [-0.1, -0.05) is 0 Å². The second kappa shape index (κ2) is 6.18. The van der Waals surface area contributed by atoms with Crippen molar-refractivity contribution in [2.75, 3.05) is 19.7 Å². The summed E-state index contributed by atoms with van der Waals surface area (Å²) >= 11 is 0. The Kier molecular flexibility index (Phi) is 4.79. The number of carboxylic acids is 1. The van der Waals surface area contributed by atoms with Gasteiger partial charge in [0.2, 0.25) is 10.0 Å². The van der Waals surface area contributed by atoms with Crippen LogP contribution >= 0.6 is 0 Å². The molecule has 1 heterocycles. The van der Waals surface area contributed by atoms with Crippen molar-refractivity contribution in [3.8, 4) is 0 Å². The Labute approximate surface area is 134 Å². The molecule has 6 nitrogen and oxygen atoms in total. The van der Waals surface area contributed by atoms with Gasteiger partial charge in [-0.2, -0.15) is 4.31 Å². The zero-order valence-electron chi connectivity index (χ0n) is 13.3. The van der Waals surface area contributed by atoms with Crippen molar-refractivity contribution >= 4 is 16.0 Å².